The van der Waals surface area contributed by atoms with Crippen molar-refractivity contribution in [2.24, 2.45) is 5.73 Å². The van der Waals surface area contributed by atoms with E-state index < -0.39 is 12.0 Å². The Balaban J connectivity index is 2.50. The van der Waals surface area contributed by atoms with E-state index >= 15 is 0 Å². The number of hydrogen-bond donors (Lipinski definition) is 1. The molecule has 0 fully saturated rings. The van der Waals surface area contributed by atoms with Crippen LogP contribution in [0.25, 0.3) is 0 Å². The maximum Gasteiger partial charge on any atom is 0.349 e. The molecular formula is C6H9N3O2. The molecule has 0 saturated carbocycles. The molecule has 0 aliphatic heterocycles. The standard InChI is InChI=1S/C6H9N3O2/c1-5(7)6(10)11-9-3-2-8-4-9/h2-5H,7H2,1H3/t5-/m0/s1. The fourth-order valence-corrected chi connectivity index (χ4v) is 0.488. The second kappa shape index (κ2) is 3.16. The van der Waals surface area contributed by atoms with E-state index in [4.69, 9.17) is 10.6 Å². The number of nitrogens with zero attached hydrogens (tertiary/aromatic N) is 2. The molecule has 0 unspecified atom stereocenters. The van der Waals surface area contributed by atoms with Gasteiger partial charge in [-0.05, 0) is 6.92 Å². The fourth-order valence-electron chi connectivity index (χ4n) is 0.488. The van der Waals surface area contributed by atoms with Gasteiger partial charge in [0.2, 0.25) is 0 Å². The summed E-state index contributed by atoms with van der Waals surface area (Å²) < 4.78 is 1.20. The molecule has 2 N–H and O–H groups in total. The lowest BCUT2D eigenvalue weighted by molar-refractivity contribution is -0.145. The third-order valence-corrected chi connectivity index (χ3v) is 1.05. The molecule has 0 aromatic carbocycles. The van der Waals surface area contributed by atoms with Crippen molar-refractivity contribution in [1.82, 2.24) is 9.71 Å². The molecule has 0 bridgehead atoms. The summed E-state index contributed by atoms with van der Waals surface area (Å²) in [7, 11) is 0. The molecule has 1 heterocycles. The van der Waals surface area contributed by atoms with Gasteiger partial charge in [0.25, 0.3) is 0 Å². The lowest BCUT2D eigenvalue weighted by atomic mass is 10.4. The molecule has 0 amide bonds. The SMILES string of the molecule is C[C@H](N)C(=O)On1ccnc1. The molecule has 0 radical (unpaired) electrons. The highest BCUT2D eigenvalue weighted by atomic mass is 16.7. The predicted octanol–water partition coefficient (Wildman–Crippen LogP) is -0.814. The van der Waals surface area contributed by atoms with Crippen LogP contribution in [0.15, 0.2) is 18.7 Å². The highest BCUT2D eigenvalue weighted by Gasteiger charge is 2.08. The molecule has 0 aliphatic rings. The van der Waals surface area contributed by atoms with E-state index in [1.54, 1.807) is 6.92 Å². The summed E-state index contributed by atoms with van der Waals surface area (Å²) in [5.41, 5.74) is 5.24. The first-order valence-electron chi connectivity index (χ1n) is 3.16. The van der Waals surface area contributed by atoms with Crippen molar-refractivity contribution in [3.63, 3.8) is 0 Å². The first kappa shape index (κ1) is 7.74. The van der Waals surface area contributed by atoms with Crippen LogP contribution in [0.1, 0.15) is 6.92 Å². The summed E-state index contributed by atoms with van der Waals surface area (Å²) in [4.78, 5) is 19.2. The van der Waals surface area contributed by atoms with Crippen LogP contribution >= 0.6 is 0 Å². The molecular weight excluding hydrogens is 146 g/mol. The first-order chi connectivity index (χ1) is 5.20. The van der Waals surface area contributed by atoms with Gasteiger partial charge in [-0.25, -0.2) is 9.78 Å². The number of carbonyl (C=O) groups excluding carboxylic acids is 1. The summed E-state index contributed by atoms with van der Waals surface area (Å²) in [6.07, 6.45) is 4.40. The smallest absolute Gasteiger partial charge is 0.334 e. The summed E-state index contributed by atoms with van der Waals surface area (Å²) in [5.74, 6) is -0.483. The van der Waals surface area contributed by atoms with Gasteiger partial charge in [-0.1, -0.05) is 0 Å². The van der Waals surface area contributed by atoms with Gasteiger partial charge in [0.05, 0.1) is 6.20 Å². The van der Waals surface area contributed by atoms with Crippen LogP contribution in [0.5, 0.6) is 0 Å². The van der Waals surface area contributed by atoms with E-state index in [9.17, 15) is 4.79 Å². The zero-order valence-corrected chi connectivity index (χ0v) is 6.10. The van der Waals surface area contributed by atoms with Crippen molar-refractivity contribution in [2.45, 2.75) is 13.0 Å². The van der Waals surface area contributed by atoms with E-state index in [1.807, 2.05) is 0 Å². The Labute approximate surface area is 63.7 Å². The van der Waals surface area contributed by atoms with Crippen molar-refractivity contribution >= 4 is 5.97 Å². The molecule has 1 aromatic heterocycles. The Hall–Kier alpha value is -1.36. The number of carbonyl (C=O) groups is 1. The number of imidazole rings is 1. The molecule has 0 saturated heterocycles. The molecule has 1 rings (SSSR count). The minimum atomic E-state index is -0.614. The lowest BCUT2D eigenvalue weighted by Crippen LogP contribution is -2.34. The summed E-state index contributed by atoms with van der Waals surface area (Å²) in [6.45, 7) is 1.55. The highest BCUT2D eigenvalue weighted by molar-refractivity contribution is 5.75. The first-order valence-corrected chi connectivity index (χ1v) is 3.16. The van der Waals surface area contributed by atoms with Crippen molar-refractivity contribution in [3.05, 3.63) is 18.7 Å². The van der Waals surface area contributed by atoms with Gasteiger partial charge >= 0.3 is 5.97 Å². The van der Waals surface area contributed by atoms with Gasteiger partial charge in [-0.15, -0.1) is 0 Å². The number of hydrogen-bond acceptors (Lipinski definition) is 4. The molecule has 11 heavy (non-hydrogen) atoms. The van der Waals surface area contributed by atoms with Gasteiger partial charge in [0.1, 0.15) is 12.4 Å². The zero-order chi connectivity index (χ0) is 8.27. The highest BCUT2D eigenvalue weighted by Crippen LogP contribution is 1.83. The average molecular weight is 155 g/mol. The quantitative estimate of drug-likeness (QED) is 0.606. The van der Waals surface area contributed by atoms with Crippen LogP contribution in [0.4, 0.5) is 0 Å². The molecule has 0 spiro atoms. The Kier molecular flexibility index (Phi) is 2.22. The van der Waals surface area contributed by atoms with Gasteiger partial charge in [-0.2, -0.15) is 4.73 Å². The fraction of sp³-hybridized carbons (Fsp3) is 0.333. The molecule has 1 aromatic rings. The number of rotatable bonds is 2. The molecule has 5 nitrogen and oxygen atoms in total. The minimum Gasteiger partial charge on any atom is -0.334 e. The van der Waals surface area contributed by atoms with E-state index in [0.717, 1.165) is 0 Å². The molecule has 60 valence electrons. The average Bonchev–Trinajstić information content (AvgIpc) is 2.39. The normalized spacial score (nSPS) is 12.5. The van der Waals surface area contributed by atoms with Crippen LogP contribution in [-0.2, 0) is 4.79 Å². The van der Waals surface area contributed by atoms with Crippen LogP contribution in [-0.4, -0.2) is 21.7 Å². The summed E-state index contributed by atoms with van der Waals surface area (Å²) in [6, 6.07) is -0.614. The third-order valence-electron chi connectivity index (χ3n) is 1.05. The largest absolute Gasteiger partial charge is 0.349 e. The van der Waals surface area contributed by atoms with Gasteiger partial charge in [0, 0.05) is 6.20 Å². The second-order valence-electron chi connectivity index (χ2n) is 2.12. The van der Waals surface area contributed by atoms with Crippen LogP contribution in [0.2, 0.25) is 0 Å². The van der Waals surface area contributed by atoms with Crippen LogP contribution in [0.3, 0.4) is 0 Å². The maximum atomic E-state index is 10.8. The van der Waals surface area contributed by atoms with E-state index in [-0.39, 0.29) is 0 Å². The zero-order valence-electron chi connectivity index (χ0n) is 6.10. The van der Waals surface area contributed by atoms with Crippen LogP contribution < -0.4 is 10.6 Å². The summed E-state index contributed by atoms with van der Waals surface area (Å²) in [5, 5.41) is 0. The van der Waals surface area contributed by atoms with E-state index in [2.05, 4.69) is 4.98 Å². The Morgan fingerprint density at radius 3 is 3.00 bits per heavy atom. The molecule has 1 atom stereocenters. The Morgan fingerprint density at radius 1 is 1.82 bits per heavy atom. The predicted molar refractivity (Wildman–Crippen MR) is 37.5 cm³/mol. The lowest BCUT2D eigenvalue weighted by Gasteiger charge is -2.04. The van der Waals surface area contributed by atoms with E-state index in [1.165, 1.54) is 23.5 Å². The van der Waals surface area contributed by atoms with Crippen molar-refractivity contribution in [1.29, 1.82) is 0 Å². The molecule has 5 heteroatoms. The van der Waals surface area contributed by atoms with Crippen molar-refractivity contribution in [2.75, 3.05) is 0 Å². The van der Waals surface area contributed by atoms with E-state index in [0.29, 0.717) is 0 Å². The van der Waals surface area contributed by atoms with Crippen molar-refractivity contribution < 1.29 is 9.63 Å². The van der Waals surface area contributed by atoms with Gasteiger partial charge in [0.15, 0.2) is 0 Å². The van der Waals surface area contributed by atoms with Gasteiger partial charge in [-0.3, -0.25) is 0 Å². The van der Waals surface area contributed by atoms with Crippen LogP contribution in [0, 0.1) is 0 Å². The second-order valence-corrected chi connectivity index (χ2v) is 2.12. The number of aromatic nitrogens is 2. The molecule has 0 aliphatic carbocycles. The monoisotopic (exact) mass is 155 g/mol. The minimum absolute atomic E-state index is 0.483. The summed E-state index contributed by atoms with van der Waals surface area (Å²) >= 11 is 0. The topological polar surface area (TPSA) is 70.1 Å². The third kappa shape index (κ3) is 2.05. The Morgan fingerprint density at radius 2 is 2.55 bits per heavy atom. The van der Waals surface area contributed by atoms with Gasteiger partial charge < -0.3 is 10.6 Å². The van der Waals surface area contributed by atoms with Crippen molar-refractivity contribution in [3.8, 4) is 0 Å². The maximum absolute atomic E-state index is 10.8. The Bertz CT molecular complexity index is 230. The number of nitrogens with two attached hydrogens (primary N) is 1.